The lowest BCUT2D eigenvalue weighted by atomic mass is 9.39. The molecule has 5 N–H and O–H groups in total. The number of alkyl halides is 1. The molecule has 3 amide bonds. The van der Waals surface area contributed by atoms with E-state index in [9.17, 15) is 29.4 Å². The van der Waals surface area contributed by atoms with Crippen LogP contribution in [0.4, 0.5) is 27.0 Å². The van der Waals surface area contributed by atoms with Gasteiger partial charge in [-0.05, 0) is 183 Å². The predicted molar refractivity (Wildman–Crippen MR) is 407 cm³/mol. The maximum absolute atomic E-state index is 15.2. The van der Waals surface area contributed by atoms with Gasteiger partial charge in [-0.25, -0.2) is 24.1 Å². The third-order valence-electron chi connectivity index (χ3n) is 22.9. The molecule has 0 radical (unpaired) electrons. The van der Waals surface area contributed by atoms with E-state index in [1.807, 2.05) is 98.9 Å². The highest BCUT2D eigenvalue weighted by Gasteiger charge is 2.66. The molecule has 552 valence electrons. The molecule has 7 aromatic rings. The second-order valence-electron chi connectivity index (χ2n) is 32.3. The zero-order valence-electron chi connectivity index (χ0n) is 61.4. The van der Waals surface area contributed by atoms with Crippen LogP contribution in [0, 0.1) is 37.0 Å². The van der Waals surface area contributed by atoms with Crippen molar-refractivity contribution in [3.05, 3.63) is 106 Å². The van der Waals surface area contributed by atoms with E-state index in [-0.39, 0.29) is 65.8 Å². The summed E-state index contributed by atoms with van der Waals surface area (Å²) in [4.78, 5) is 75.5. The van der Waals surface area contributed by atoms with Crippen LogP contribution in [-0.4, -0.2) is 158 Å². The Kier molecular flexibility index (Phi) is 22.3. The number of carbonyl (C=O) groups is 4. The summed E-state index contributed by atoms with van der Waals surface area (Å²) in [5.41, 5.74) is 8.13. The van der Waals surface area contributed by atoms with Crippen LogP contribution < -0.4 is 20.9 Å². The van der Waals surface area contributed by atoms with E-state index in [4.69, 9.17) is 24.9 Å². The molecule has 1 saturated heterocycles. The zero-order chi connectivity index (χ0) is 72.5. The summed E-state index contributed by atoms with van der Waals surface area (Å²) in [5, 5.41) is 45.8. The third-order valence-corrected chi connectivity index (χ3v) is 26.3. The van der Waals surface area contributed by atoms with Crippen LogP contribution in [0.3, 0.4) is 0 Å². The minimum Gasteiger partial charge on any atom is -0.476 e. The number of likely N-dealkylation sites (tertiary alicyclic amines) is 1. The fraction of sp³-hybridized carbons (Fsp3) is 0.595. The number of pyridine rings is 1. The summed E-state index contributed by atoms with van der Waals surface area (Å²) in [5.74, 6) is -0.106. The number of aromatic nitrogens is 7. The molecule has 5 aromatic heterocycles. The number of aryl methyl sites for hydroxylation is 1. The number of carbonyl (C=O) groups excluding carboxylic acids is 3. The molecule has 2 aromatic carbocycles. The number of hydrogen-bond donors (Lipinski definition) is 5. The summed E-state index contributed by atoms with van der Waals surface area (Å²) in [6.45, 7) is 19.1. The number of aromatic carboxylic acids is 1. The van der Waals surface area contributed by atoms with Crippen LogP contribution in [0.1, 0.15) is 201 Å². The molecule has 5 atom stereocenters. The molecular formula is C79H104FN13O7S3. The highest BCUT2D eigenvalue weighted by molar-refractivity contribution is 8.00. The van der Waals surface area contributed by atoms with Crippen LogP contribution in [0.2, 0.25) is 0 Å². The van der Waals surface area contributed by atoms with Gasteiger partial charge in [-0.2, -0.15) is 16.9 Å². The summed E-state index contributed by atoms with van der Waals surface area (Å²) in [6.07, 6.45) is 22.4. The van der Waals surface area contributed by atoms with Crippen molar-refractivity contribution in [2.45, 2.75) is 237 Å². The van der Waals surface area contributed by atoms with Crippen molar-refractivity contribution in [1.82, 2.24) is 55.4 Å². The standard InChI is InChI=1S/C79H104FN13O7S3/c1-51-57-23-22-35-91(68(57)89-88-67(51)87-73-84-60-24-18-19-25-62(60)103-73)63-31-30-58(64(85-63)71(97)98)59-41-83-93(53(59)3)49-77-44-75(6)43-76(7,45-77)47-78(46-75,48-77)100-37-36-90(8)34-20-16-14-12-10-9-11-13-15-17-21-38-102-74(4,5)66(86-72(99)79(80)32-33-79)70(96)92-42-56(94)39-61(92)69(95)81-40-54-26-28-55(29-27-54)65-52(2)82-50-101-65/h18-19,24-31,41,50,56,61,66,94H,9-17,20-23,32-40,42-49H2,1-8H3,(H,81,95)(H,86,99)(H,97,98)(H,84,87,88)/t56-,61+,66-,75?,76?,77?,78?/m1/s1. The van der Waals surface area contributed by atoms with Crippen LogP contribution in [0.25, 0.3) is 31.8 Å². The number of para-hydroxylation sites is 1. The second kappa shape index (κ2) is 30.9. The zero-order valence-corrected chi connectivity index (χ0v) is 63.8. The molecule has 0 spiro atoms. The summed E-state index contributed by atoms with van der Waals surface area (Å²) >= 11 is 4.73. The van der Waals surface area contributed by atoms with Crippen LogP contribution >= 0.6 is 34.4 Å². The third kappa shape index (κ3) is 16.8. The van der Waals surface area contributed by atoms with E-state index in [0.29, 0.717) is 36.2 Å². The molecule has 4 bridgehead atoms. The van der Waals surface area contributed by atoms with Gasteiger partial charge in [-0.3, -0.25) is 19.1 Å². The Morgan fingerprint density at radius 1 is 0.845 bits per heavy atom. The number of benzene rings is 2. The molecule has 24 heteroatoms. The molecule has 5 saturated carbocycles. The lowest BCUT2D eigenvalue weighted by molar-refractivity contribution is -0.248. The van der Waals surface area contributed by atoms with Crippen LogP contribution in [0.15, 0.2) is 72.4 Å². The van der Waals surface area contributed by atoms with Gasteiger partial charge in [-0.15, -0.1) is 21.5 Å². The smallest absolute Gasteiger partial charge is 0.355 e. The number of carboxylic acid groups (broad SMARTS) is 1. The van der Waals surface area contributed by atoms with Gasteiger partial charge < -0.3 is 45.6 Å². The lowest BCUT2D eigenvalue weighted by Crippen LogP contribution is -2.64. The molecule has 7 aliphatic rings. The fourth-order valence-corrected chi connectivity index (χ4v) is 21.4. The molecule has 2 unspecified atom stereocenters. The molecule has 6 fully saturated rings. The number of hydrogen-bond acceptors (Lipinski definition) is 18. The van der Waals surface area contributed by atoms with E-state index in [1.54, 1.807) is 34.4 Å². The van der Waals surface area contributed by atoms with Gasteiger partial charge in [0.05, 0.1) is 50.8 Å². The minimum absolute atomic E-state index is 0.00567. The van der Waals surface area contributed by atoms with E-state index in [1.165, 1.54) is 62.7 Å². The van der Waals surface area contributed by atoms with E-state index in [0.717, 1.165) is 149 Å². The Balaban J connectivity index is 0.517. The first-order chi connectivity index (χ1) is 49.3. The monoisotopic (exact) mass is 1460 g/mol. The number of nitrogens with one attached hydrogen (secondary N) is 3. The molecule has 5 aliphatic carbocycles. The minimum atomic E-state index is -1.98. The quantitative estimate of drug-likeness (QED) is 0.0235. The number of unbranched alkanes of at least 4 members (excludes halogenated alkanes) is 10. The van der Waals surface area contributed by atoms with Crippen molar-refractivity contribution < 1.29 is 38.5 Å². The Morgan fingerprint density at radius 2 is 1.55 bits per heavy atom. The SMILES string of the molecule is Cc1ncsc1-c1ccc(CNC(=O)[C@@H]2C[C@@H](O)CN2C(=O)[C@@H](NC(=O)C2(F)CC2)C(C)(C)SCCCCCCCCCCCCCN(C)CCOC23CC4(C)CC(C)(CC(Cn5ncc(-c6ccc(N7CCCc8c7nnc(Nc7nc9ccccc9s7)c8C)nc6C(=O)O)c5C)(C4)C2)C3)cc1. The maximum atomic E-state index is 15.2. The first-order valence-electron chi connectivity index (χ1n) is 37.6. The molecule has 103 heavy (non-hydrogen) atoms. The number of ether oxygens (including phenoxy) is 1. The molecular weight excluding hydrogens is 1360 g/mol. The average Bonchev–Trinajstić information content (AvgIpc) is 0.899. The highest BCUT2D eigenvalue weighted by Crippen LogP contribution is 2.72. The van der Waals surface area contributed by atoms with Gasteiger partial charge >= 0.3 is 5.97 Å². The van der Waals surface area contributed by atoms with Crippen molar-refractivity contribution in [2.24, 2.45) is 16.2 Å². The van der Waals surface area contributed by atoms with E-state index < -0.39 is 46.4 Å². The number of carboxylic acids is 1. The predicted octanol–water partition coefficient (Wildman–Crippen LogP) is 15.1. The number of nitrogens with zero attached hydrogens (tertiary/aromatic N) is 10. The number of fused-ring (bicyclic) bond motifs is 2. The van der Waals surface area contributed by atoms with Crippen molar-refractivity contribution in [2.75, 3.05) is 55.8 Å². The Morgan fingerprint density at radius 3 is 2.24 bits per heavy atom. The van der Waals surface area contributed by atoms with Crippen LogP contribution in [0.5, 0.6) is 0 Å². The number of aliphatic hydroxyl groups is 1. The second-order valence-corrected chi connectivity index (χ2v) is 36.0. The summed E-state index contributed by atoms with van der Waals surface area (Å²) in [7, 11) is 2.23. The number of likely N-dealkylation sites (N-methyl/N-ethyl adjacent to an activating group) is 1. The van der Waals surface area contributed by atoms with Crippen molar-refractivity contribution in [1.29, 1.82) is 0 Å². The highest BCUT2D eigenvalue weighted by atomic mass is 32.2. The number of amides is 3. The molecule has 2 aliphatic heterocycles. The number of thiazole rings is 2. The Bertz CT molecular complexity index is 4160. The summed E-state index contributed by atoms with van der Waals surface area (Å²) in [6, 6.07) is 17.7. The molecule has 14 rings (SSSR count). The first kappa shape index (κ1) is 74.3. The van der Waals surface area contributed by atoms with Crippen molar-refractivity contribution in [3.63, 3.8) is 0 Å². The maximum Gasteiger partial charge on any atom is 0.355 e. The van der Waals surface area contributed by atoms with Gasteiger partial charge in [0, 0.05) is 71.8 Å². The van der Waals surface area contributed by atoms with Crippen molar-refractivity contribution in [3.8, 4) is 21.6 Å². The Hall–Kier alpha value is -6.96. The molecule has 7 heterocycles. The van der Waals surface area contributed by atoms with Gasteiger partial charge in [0.25, 0.3) is 5.91 Å². The average molecular weight is 1460 g/mol. The largest absolute Gasteiger partial charge is 0.476 e. The fourth-order valence-electron chi connectivity index (χ4n) is 18.6. The number of rotatable bonds is 34. The van der Waals surface area contributed by atoms with Gasteiger partial charge in [0.1, 0.15) is 17.9 Å². The van der Waals surface area contributed by atoms with E-state index >= 15 is 4.39 Å². The number of thioether (sulfide) groups is 1. The van der Waals surface area contributed by atoms with Gasteiger partial charge in [0.15, 0.2) is 28.1 Å². The lowest BCUT2D eigenvalue weighted by Gasteiger charge is -2.69. The molecule has 20 nitrogen and oxygen atoms in total. The van der Waals surface area contributed by atoms with Gasteiger partial charge in [0.2, 0.25) is 11.8 Å². The topological polar surface area (TPSA) is 246 Å². The number of anilines is 4. The Labute approximate surface area is 617 Å². The van der Waals surface area contributed by atoms with Crippen molar-refractivity contribution >= 4 is 90.9 Å². The number of β-amino-alcohol motifs (C(OH)–C–C–N with tert-alkyl or cyclic N) is 1. The van der Waals surface area contributed by atoms with E-state index in [2.05, 4.69) is 69.5 Å². The normalized spacial score (nSPS) is 23.5. The number of halogens is 1. The van der Waals surface area contributed by atoms with Gasteiger partial charge in [-0.1, -0.05) is 119 Å². The summed E-state index contributed by atoms with van der Waals surface area (Å²) < 4.78 is 24.8. The first-order valence-corrected chi connectivity index (χ1v) is 40.3. The number of aliphatic hydroxyl groups excluding tert-OH is 1. The van der Waals surface area contributed by atoms with Crippen LogP contribution in [-0.2, 0) is 38.6 Å².